The van der Waals surface area contributed by atoms with E-state index in [1.807, 2.05) is 50.2 Å². The number of ether oxygens (including phenoxy) is 4. The van der Waals surface area contributed by atoms with Crippen molar-refractivity contribution in [3.8, 4) is 23.0 Å². The molecule has 5 nitrogen and oxygen atoms in total. The van der Waals surface area contributed by atoms with E-state index in [1.165, 1.54) is 0 Å². The number of carbonyl (C=O) groups is 1. The van der Waals surface area contributed by atoms with Gasteiger partial charge in [-0.2, -0.15) is 0 Å². The van der Waals surface area contributed by atoms with Crippen molar-refractivity contribution in [2.45, 2.75) is 25.7 Å². The molecule has 5 heteroatoms. The Bertz CT molecular complexity index is 733. The fourth-order valence-electron chi connectivity index (χ4n) is 3.27. The summed E-state index contributed by atoms with van der Waals surface area (Å²) in [6, 6.07) is 11.3. The molecular weight excluding hydrogens is 308 g/mol. The van der Waals surface area contributed by atoms with E-state index < -0.39 is 0 Å². The van der Waals surface area contributed by atoms with E-state index in [0.29, 0.717) is 23.0 Å². The lowest BCUT2D eigenvalue weighted by molar-refractivity contribution is -0.121. The topological polar surface area (TPSA) is 54.0 Å². The molecule has 24 heavy (non-hydrogen) atoms. The Kier molecular flexibility index (Phi) is 3.56. The van der Waals surface area contributed by atoms with E-state index in [9.17, 15) is 4.79 Å². The fourth-order valence-corrected chi connectivity index (χ4v) is 3.27. The summed E-state index contributed by atoms with van der Waals surface area (Å²) >= 11 is 0. The zero-order valence-corrected chi connectivity index (χ0v) is 13.6. The first-order chi connectivity index (χ1) is 11.7. The van der Waals surface area contributed by atoms with Crippen LogP contribution in [0.25, 0.3) is 0 Å². The minimum Gasteiger partial charge on any atom is -0.454 e. The number of hydrogen-bond acceptors (Lipinski definition) is 5. The van der Waals surface area contributed by atoms with Gasteiger partial charge >= 0.3 is 0 Å². The van der Waals surface area contributed by atoms with Gasteiger partial charge in [0, 0.05) is 23.0 Å². The number of benzene rings is 2. The van der Waals surface area contributed by atoms with Gasteiger partial charge in [0.25, 0.3) is 0 Å². The number of carbonyl (C=O) groups excluding carboxylic acids is 1. The predicted molar refractivity (Wildman–Crippen MR) is 87.0 cm³/mol. The largest absolute Gasteiger partial charge is 0.454 e. The Balaban J connectivity index is 1.64. The van der Waals surface area contributed by atoms with E-state index in [-0.39, 0.29) is 31.2 Å². The molecule has 0 N–H and O–H groups in total. The molecule has 124 valence electrons. The van der Waals surface area contributed by atoms with Gasteiger partial charge in [-0.25, -0.2) is 0 Å². The standard InChI is InChI=1S/C19H18O5/c1-11(13-5-3-7-15-18(13)23-9-21-15)17(20)12(2)14-6-4-8-16-19(14)24-10-22-16/h3-8,11-12H,9-10H2,1-2H3. The van der Waals surface area contributed by atoms with E-state index in [4.69, 9.17) is 18.9 Å². The van der Waals surface area contributed by atoms with Crippen LogP contribution in [0.5, 0.6) is 23.0 Å². The minimum absolute atomic E-state index is 0.0998. The van der Waals surface area contributed by atoms with E-state index in [2.05, 4.69) is 0 Å². The van der Waals surface area contributed by atoms with Crippen molar-refractivity contribution in [2.24, 2.45) is 0 Å². The lowest BCUT2D eigenvalue weighted by Crippen LogP contribution is -2.17. The van der Waals surface area contributed by atoms with Crippen LogP contribution in [-0.2, 0) is 4.79 Å². The molecule has 0 bridgehead atoms. The highest BCUT2D eigenvalue weighted by Gasteiger charge is 2.31. The third-order valence-electron chi connectivity index (χ3n) is 4.64. The molecule has 2 heterocycles. The van der Waals surface area contributed by atoms with Gasteiger partial charge in [0.05, 0.1) is 0 Å². The quantitative estimate of drug-likeness (QED) is 0.859. The average molecular weight is 326 g/mol. The Labute approximate surface area is 140 Å². The number of para-hydroxylation sites is 2. The van der Waals surface area contributed by atoms with Crippen LogP contribution in [0.2, 0.25) is 0 Å². The lowest BCUT2D eigenvalue weighted by atomic mass is 9.85. The Hall–Kier alpha value is -2.69. The Morgan fingerprint density at radius 1 is 0.792 bits per heavy atom. The summed E-state index contributed by atoms with van der Waals surface area (Å²) in [7, 11) is 0. The van der Waals surface area contributed by atoms with Crippen LogP contribution < -0.4 is 18.9 Å². The van der Waals surface area contributed by atoms with Gasteiger partial charge in [-0.15, -0.1) is 0 Å². The zero-order chi connectivity index (χ0) is 16.7. The summed E-state index contributed by atoms with van der Waals surface area (Å²) in [6.45, 7) is 4.19. The third kappa shape index (κ3) is 2.28. The number of hydrogen-bond donors (Lipinski definition) is 0. The summed E-state index contributed by atoms with van der Waals surface area (Å²) in [5.41, 5.74) is 1.71. The van der Waals surface area contributed by atoms with Crippen LogP contribution in [0.4, 0.5) is 0 Å². The first-order valence-corrected chi connectivity index (χ1v) is 7.97. The van der Waals surface area contributed by atoms with Gasteiger partial charge in [0.2, 0.25) is 13.6 Å². The number of rotatable bonds is 4. The molecule has 0 fully saturated rings. The van der Waals surface area contributed by atoms with Gasteiger partial charge in [-0.05, 0) is 12.1 Å². The molecule has 2 unspecified atom stereocenters. The predicted octanol–water partition coefficient (Wildman–Crippen LogP) is 3.62. The van der Waals surface area contributed by atoms with Crippen molar-refractivity contribution in [2.75, 3.05) is 13.6 Å². The summed E-state index contributed by atoms with van der Waals surface area (Å²) < 4.78 is 21.9. The summed E-state index contributed by atoms with van der Waals surface area (Å²) in [5.74, 6) is 2.20. The average Bonchev–Trinajstić information content (AvgIpc) is 3.27. The molecule has 2 atom stereocenters. The number of ketones is 1. The normalized spacial score (nSPS) is 16.8. The molecule has 0 radical (unpaired) electrons. The first kappa shape index (κ1) is 14.9. The SMILES string of the molecule is CC(C(=O)C(C)c1cccc2c1OCO2)c1cccc2c1OCO2. The molecule has 0 amide bonds. The first-order valence-electron chi connectivity index (χ1n) is 7.97. The molecule has 2 aromatic rings. The van der Waals surface area contributed by atoms with Crippen molar-refractivity contribution < 1.29 is 23.7 Å². The smallest absolute Gasteiger partial charge is 0.231 e. The van der Waals surface area contributed by atoms with Crippen molar-refractivity contribution >= 4 is 5.78 Å². The fraction of sp³-hybridized carbons (Fsp3) is 0.316. The third-order valence-corrected chi connectivity index (χ3v) is 4.64. The Morgan fingerprint density at radius 3 is 1.71 bits per heavy atom. The second kappa shape index (κ2) is 5.74. The molecule has 0 spiro atoms. The maximum absolute atomic E-state index is 13.1. The molecule has 2 aliphatic heterocycles. The van der Waals surface area contributed by atoms with Crippen LogP contribution >= 0.6 is 0 Å². The van der Waals surface area contributed by atoms with Gasteiger partial charge in [-0.1, -0.05) is 38.1 Å². The zero-order valence-electron chi connectivity index (χ0n) is 13.6. The molecule has 0 aliphatic carbocycles. The lowest BCUT2D eigenvalue weighted by Gasteiger charge is -2.19. The van der Waals surface area contributed by atoms with Crippen LogP contribution in [0.1, 0.15) is 36.8 Å². The molecule has 2 aliphatic rings. The number of fused-ring (bicyclic) bond motifs is 2. The molecule has 0 saturated heterocycles. The van der Waals surface area contributed by atoms with Crippen molar-refractivity contribution in [1.29, 1.82) is 0 Å². The number of Topliss-reactive ketones (excluding diaryl/α,β-unsaturated/α-hetero) is 1. The summed E-state index contributed by atoms with van der Waals surface area (Å²) in [4.78, 5) is 13.1. The highest BCUT2D eigenvalue weighted by molar-refractivity contribution is 5.92. The van der Waals surface area contributed by atoms with Gasteiger partial charge in [-0.3, -0.25) is 4.79 Å². The summed E-state index contributed by atoms with van der Waals surface area (Å²) in [5, 5.41) is 0. The molecule has 4 rings (SSSR count). The van der Waals surface area contributed by atoms with Crippen molar-refractivity contribution in [3.05, 3.63) is 47.5 Å². The second-order valence-electron chi connectivity index (χ2n) is 6.01. The highest BCUT2D eigenvalue weighted by Crippen LogP contribution is 2.43. The molecule has 0 aromatic heterocycles. The molecular formula is C19H18O5. The second-order valence-corrected chi connectivity index (χ2v) is 6.01. The van der Waals surface area contributed by atoms with Crippen LogP contribution in [-0.4, -0.2) is 19.4 Å². The minimum atomic E-state index is -0.310. The monoisotopic (exact) mass is 326 g/mol. The van der Waals surface area contributed by atoms with E-state index in [1.54, 1.807) is 0 Å². The summed E-state index contributed by atoms with van der Waals surface area (Å²) in [6.07, 6.45) is 0. The van der Waals surface area contributed by atoms with Crippen LogP contribution in [0.3, 0.4) is 0 Å². The van der Waals surface area contributed by atoms with Crippen LogP contribution in [0, 0.1) is 0 Å². The molecule has 2 aromatic carbocycles. The van der Waals surface area contributed by atoms with E-state index in [0.717, 1.165) is 11.1 Å². The highest BCUT2D eigenvalue weighted by atomic mass is 16.7. The van der Waals surface area contributed by atoms with E-state index >= 15 is 0 Å². The van der Waals surface area contributed by atoms with Gasteiger partial charge in [0.15, 0.2) is 23.0 Å². The van der Waals surface area contributed by atoms with Crippen LogP contribution in [0.15, 0.2) is 36.4 Å². The Morgan fingerprint density at radius 2 is 1.25 bits per heavy atom. The van der Waals surface area contributed by atoms with Gasteiger partial charge < -0.3 is 18.9 Å². The maximum atomic E-state index is 13.1. The molecule has 0 saturated carbocycles. The maximum Gasteiger partial charge on any atom is 0.231 e. The van der Waals surface area contributed by atoms with Crippen molar-refractivity contribution in [3.63, 3.8) is 0 Å². The van der Waals surface area contributed by atoms with Gasteiger partial charge in [0.1, 0.15) is 5.78 Å². The van der Waals surface area contributed by atoms with Crippen molar-refractivity contribution in [1.82, 2.24) is 0 Å².